The van der Waals surface area contributed by atoms with Crippen LogP contribution in [0.3, 0.4) is 0 Å². The summed E-state index contributed by atoms with van der Waals surface area (Å²) in [7, 11) is 0. The number of H-pyrrole nitrogens is 1. The Morgan fingerprint density at radius 3 is 2.50 bits per heavy atom. The molecule has 0 unspecified atom stereocenters. The number of hydrogen-bond acceptors (Lipinski definition) is 2. The molecule has 5 rings (SSSR count). The van der Waals surface area contributed by atoms with Crippen molar-refractivity contribution >= 4 is 16.6 Å². The fourth-order valence-electron chi connectivity index (χ4n) is 3.42. The molecule has 3 aromatic heterocycles. The highest BCUT2D eigenvalue weighted by molar-refractivity contribution is 5.94. The van der Waals surface area contributed by atoms with E-state index in [1.54, 1.807) is 0 Å². The van der Waals surface area contributed by atoms with E-state index in [0.717, 1.165) is 33.2 Å². The Balaban J connectivity index is 1.88. The number of fused-ring (bicyclic) bond motifs is 2. The summed E-state index contributed by atoms with van der Waals surface area (Å²) in [6.45, 7) is 0. The summed E-state index contributed by atoms with van der Waals surface area (Å²) < 4.78 is 2.04. The molecule has 4 nitrogen and oxygen atoms in total. The lowest BCUT2D eigenvalue weighted by molar-refractivity contribution is 1.19. The number of hydrogen-bond donors (Lipinski definition) is 1. The van der Waals surface area contributed by atoms with Gasteiger partial charge in [-0.1, -0.05) is 48.5 Å². The highest BCUT2D eigenvalue weighted by Crippen LogP contribution is 2.35. The van der Waals surface area contributed by atoms with Gasteiger partial charge in [0.25, 0.3) is 5.56 Å². The van der Waals surface area contributed by atoms with Gasteiger partial charge in [-0.25, -0.2) is 4.98 Å². The number of aromatic nitrogens is 3. The smallest absolute Gasteiger partial charge is 0.275 e. The normalized spacial score (nSPS) is 11.2. The van der Waals surface area contributed by atoms with E-state index >= 15 is 0 Å². The van der Waals surface area contributed by atoms with Gasteiger partial charge in [-0.15, -0.1) is 0 Å². The van der Waals surface area contributed by atoms with Gasteiger partial charge < -0.3 is 9.38 Å². The first-order chi connectivity index (χ1) is 12.8. The average Bonchev–Trinajstić information content (AvgIpc) is 3.07. The molecule has 0 fully saturated rings. The quantitative estimate of drug-likeness (QED) is 0.515. The summed E-state index contributed by atoms with van der Waals surface area (Å²) in [6, 6.07) is 23.7. The second-order valence-electron chi connectivity index (χ2n) is 6.21. The predicted molar refractivity (Wildman–Crippen MR) is 104 cm³/mol. The second-order valence-corrected chi connectivity index (χ2v) is 6.21. The topological polar surface area (TPSA) is 50.2 Å². The summed E-state index contributed by atoms with van der Waals surface area (Å²) in [4.78, 5) is 20.4. The van der Waals surface area contributed by atoms with E-state index in [9.17, 15) is 4.79 Å². The van der Waals surface area contributed by atoms with Crippen LogP contribution >= 0.6 is 0 Å². The summed E-state index contributed by atoms with van der Waals surface area (Å²) in [5, 5.41) is 0. The van der Waals surface area contributed by atoms with Crippen LogP contribution in [0.15, 0.2) is 90.0 Å². The minimum atomic E-state index is -0.184. The van der Waals surface area contributed by atoms with Crippen molar-refractivity contribution in [3.05, 3.63) is 95.5 Å². The van der Waals surface area contributed by atoms with Crippen LogP contribution in [0.2, 0.25) is 0 Å². The maximum absolute atomic E-state index is 12.8. The molecule has 0 radical (unpaired) electrons. The van der Waals surface area contributed by atoms with Gasteiger partial charge in [0.1, 0.15) is 5.69 Å². The first kappa shape index (κ1) is 14.7. The molecule has 0 spiro atoms. The molecule has 0 aliphatic carbocycles. The zero-order chi connectivity index (χ0) is 17.5. The maximum atomic E-state index is 12.8. The lowest BCUT2D eigenvalue weighted by Crippen LogP contribution is -2.11. The van der Waals surface area contributed by atoms with Crippen molar-refractivity contribution in [2.75, 3.05) is 0 Å². The lowest BCUT2D eigenvalue weighted by atomic mass is 10.0. The molecule has 2 aromatic carbocycles. The number of aromatic amines is 1. The summed E-state index contributed by atoms with van der Waals surface area (Å²) in [5.74, 6) is 0. The molecule has 0 aliphatic rings. The highest BCUT2D eigenvalue weighted by atomic mass is 16.1. The molecule has 124 valence electrons. The molecule has 4 heteroatoms. The van der Waals surface area contributed by atoms with Crippen molar-refractivity contribution in [3.63, 3.8) is 0 Å². The van der Waals surface area contributed by atoms with Crippen LogP contribution in [0.25, 0.3) is 38.9 Å². The Hall–Kier alpha value is -3.66. The fraction of sp³-hybridized carbons (Fsp3) is 0. The molecular weight excluding hydrogens is 322 g/mol. The SMILES string of the molecule is O=c1[nH]c2ccccc2nc1-c1cn2ccccc2c1-c1ccccc1. The van der Waals surface area contributed by atoms with Gasteiger partial charge in [-0.2, -0.15) is 0 Å². The molecule has 0 bridgehead atoms. The van der Waals surface area contributed by atoms with E-state index in [1.807, 2.05) is 71.4 Å². The van der Waals surface area contributed by atoms with Gasteiger partial charge in [0.05, 0.1) is 16.6 Å². The predicted octanol–water partition coefficient (Wildman–Crippen LogP) is 4.51. The number of pyridine rings is 1. The van der Waals surface area contributed by atoms with Gasteiger partial charge in [-0.3, -0.25) is 4.79 Å². The summed E-state index contributed by atoms with van der Waals surface area (Å²) in [5.41, 5.74) is 5.72. The summed E-state index contributed by atoms with van der Waals surface area (Å²) in [6.07, 6.45) is 3.96. The third-order valence-electron chi connectivity index (χ3n) is 4.60. The van der Waals surface area contributed by atoms with Crippen molar-refractivity contribution in [3.8, 4) is 22.4 Å². The number of para-hydroxylation sites is 2. The molecule has 26 heavy (non-hydrogen) atoms. The summed E-state index contributed by atoms with van der Waals surface area (Å²) >= 11 is 0. The van der Waals surface area contributed by atoms with Gasteiger partial charge in [0.15, 0.2) is 0 Å². The average molecular weight is 337 g/mol. The number of nitrogens with zero attached hydrogens (tertiary/aromatic N) is 2. The Morgan fingerprint density at radius 1 is 0.846 bits per heavy atom. The van der Waals surface area contributed by atoms with E-state index in [0.29, 0.717) is 5.69 Å². The minimum Gasteiger partial charge on any atom is -0.323 e. The maximum Gasteiger partial charge on any atom is 0.275 e. The molecular formula is C22H15N3O. The highest BCUT2D eigenvalue weighted by Gasteiger charge is 2.18. The monoisotopic (exact) mass is 337 g/mol. The second kappa shape index (κ2) is 5.70. The lowest BCUT2D eigenvalue weighted by Gasteiger charge is -2.06. The first-order valence-electron chi connectivity index (χ1n) is 8.46. The van der Waals surface area contributed by atoms with Crippen LogP contribution in [0.4, 0.5) is 0 Å². The van der Waals surface area contributed by atoms with Crippen molar-refractivity contribution in [1.82, 2.24) is 14.4 Å². The molecule has 0 aliphatic heterocycles. The molecule has 5 aromatic rings. The number of nitrogens with one attached hydrogen (secondary N) is 1. The number of benzene rings is 2. The van der Waals surface area contributed by atoms with Crippen LogP contribution < -0.4 is 5.56 Å². The number of rotatable bonds is 2. The van der Waals surface area contributed by atoms with Crippen LogP contribution in [0.5, 0.6) is 0 Å². The molecule has 1 N–H and O–H groups in total. The largest absolute Gasteiger partial charge is 0.323 e. The Bertz CT molecular complexity index is 1300. The molecule has 0 saturated heterocycles. The van der Waals surface area contributed by atoms with Crippen LogP contribution in [-0.2, 0) is 0 Å². The van der Waals surface area contributed by atoms with E-state index in [1.165, 1.54) is 0 Å². The Kier molecular flexibility index (Phi) is 3.22. The van der Waals surface area contributed by atoms with Gasteiger partial charge in [0, 0.05) is 23.5 Å². The molecule has 3 heterocycles. The minimum absolute atomic E-state index is 0.184. The third kappa shape index (κ3) is 2.24. The molecule has 0 saturated carbocycles. The van der Waals surface area contributed by atoms with E-state index in [2.05, 4.69) is 28.2 Å². The Labute approximate surface area is 149 Å². The molecule has 0 atom stereocenters. The first-order valence-corrected chi connectivity index (χ1v) is 8.46. The van der Waals surface area contributed by atoms with Crippen molar-refractivity contribution in [2.45, 2.75) is 0 Å². The van der Waals surface area contributed by atoms with E-state index in [4.69, 9.17) is 0 Å². The van der Waals surface area contributed by atoms with Crippen LogP contribution in [0, 0.1) is 0 Å². The standard InChI is InChI=1S/C22H15N3O/c26-22-21(23-17-10-4-5-11-18(17)24-22)16-14-25-13-7-6-12-19(25)20(16)15-8-2-1-3-9-15/h1-14H,(H,24,26). The Morgan fingerprint density at radius 2 is 1.62 bits per heavy atom. The third-order valence-corrected chi connectivity index (χ3v) is 4.60. The zero-order valence-electron chi connectivity index (χ0n) is 13.9. The van der Waals surface area contributed by atoms with E-state index in [-0.39, 0.29) is 5.56 Å². The van der Waals surface area contributed by atoms with Gasteiger partial charge in [-0.05, 0) is 29.8 Å². The van der Waals surface area contributed by atoms with Crippen molar-refractivity contribution < 1.29 is 0 Å². The zero-order valence-corrected chi connectivity index (χ0v) is 13.9. The molecule has 0 amide bonds. The van der Waals surface area contributed by atoms with Crippen molar-refractivity contribution in [1.29, 1.82) is 0 Å². The van der Waals surface area contributed by atoms with Gasteiger partial charge in [0.2, 0.25) is 0 Å². The fourth-order valence-corrected chi connectivity index (χ4v) is 3.42. The van der Waals surface area contributed by atoms with E-state index < -0.39 is 0 Å². The van der Waals surface area contributed by atoms with Gasteiger partial charge >= 0.3 is 0 Å². The van der Waals surface area contributed by atoms with Crippen LogP contribution in [-0.4, -0.2) is 14.4 Å². The van der Waals surface area contributed by atoms with Crippen molar-refractivity contribution in [2.24, 2.45) is 0 Å². The van der Waals surface area contributed by atoms with Crippen LogP contribution in [0.1, 0.15) is 0 Å².